The smallest absolute Gasteiger partial charge is 0.293 e. The third-order valence-electron chi connectivity index (χ3n) is 2.68. The minimum absolute atomic E-state index is 0.0979. The topological polar surface area (TPSA) is 115 Å². The highest BCUT2D eigenvalue weighted by molar-refractivity contribution is 7.90. The van der Waals surface area contributed by atoms with E-state index in [2.05, 4.69) is 15.5 Å². The van der Waals surface area contributed by atoms with Crippen LogP contribution < -0.4 is 5.32 Å². The van der Waals surface area contributed by atoms with Gasteiger partial charge >= 0.3 is 0 Å². The maximum atomic E-state index is 11.4. The van der Waals surface area contributed by atoms with Crippen LogP contribution >= 0.6 is 0 Å². The average Bonchev–Trinajstić information content (AvgIpc) is 2.45. The fourth-order valence-corrected chi connectivity index (χ4v) is 2.30. The molecular weight excluding hydrogens is 296 g/mol. The monoisotopic (exact) mass is 308 g/mol. The Hall–Kier alpha value is -2.55. The molecule has 0 bridgehead atoms. The number of hydrogen-bond donors (Lipinski definition) is 1. The van der Waals surface area contributed by atoms with Gasteiger partial charge in [0.1, 0.15) is 5.69 Å². The second-order valence-corrected chi connectivity index (χ2v) is 6.29. The molecule has 0 aliphatic carbocycles. The summed E-state index contributed by atoms with van der Waals surface area (Å²) in [6.45, 7) is 0.243. The van der Waals surface area contributed by atoms with E-state index < -0.39 is 14.8 Å². The Bertz CT molecular complexity index is 762. The molecule has 8 nitrogen and oxygen atoms in total. The largest absolute Gasteiger partial charge is 0.374 e. The lowest BCUT2D eigenvalue weighted by Gasteiger charge is -2.07. The second-order valence-electron chi connectivity index (χ2n) is 4.28. The molecule has 1 aromatic heterocycles. The first-order valence-electron chi connectivity index (χ1n) is 5.87. The van der Waals surface area contributed by atoms with Gasteiger partial charge < -0.3 is 5.32 Å². The van der Waals surface area contributed by atoms with E-state index in [4.69, 9.17) is 0 Å². The van der Waals surface area contributed by atoms with Crippen LogP contribution in [0.1, 0.15) is 5.69 Å². The third kappa shape index (κ3) is 3.72. The predicted octanol–water partition coefficient (Wildman–Crippen LogP) is 1.40. The van der Waals surface area contributed by atoms with Crippen molar-refractivity contribution in [1.29, 1.82) is 0 Å². The number of hydrogen-bond acceptors (Lipinski definition) is 7. The van der Waals surface area contributed by atoms with Crippen LogP contribution in [-0.4, -0.2) is 29.8 Å². The van der Waals surface area contributed by atoms with Crippen molar-refractivity contribution in [3.8, 4) is 0 Å². The summed E-state index contributed by atoms with van der Waals surface area (Å²) in [6, 6.07) is 7.14. The van der Waals surface area contributed by atoms with Crippen molar-refractivity contribution in [2.75, 3.05) is 11.6 Å². The van der Waals surface area contributed by atoms with Crippen LogP contribution in [0, 0.1) is 10.1 Å². The Labute approximate surface area is 120 Å². The van der Waals surface area contributed by atoms with Gasteiger partial charge in [-0.3, -0.25) is 10.1 Å². The summed E-state index contributed by atoms with van der Waals surface area (Å²) in [7, 11) is -3.50. The third-order valence-corrected chi connectivity index (χ3v) is 3.79. The normalized spacial score (nSPS) is 11.1. The van der Waals surface area contributed by atoms with Crippen molar-refractivity contribution < 1.29 is 13.3 Å². The molecule has 110 valence electrons. The molecule has 21 heavy (non-hydrogen) atoms. The summed E-state index contributed by atoms with van der Waals surface area (Å²) in [5.74, 6) is 0. The molecular formula is C12H12N4O4S. The average molecular weight is 308 g/mol. The van der Waals surface area contributed by atoms with Crippen LogP contribution in [0.25, 0.3) is 0 Å². The minimum Gasteiger partial charge on any atom is -0.374 e. The molecule has 2 aromatic rings. The first-order valence-corrected chi connectivity index (χ1v) is 7.76. The van der Waals surface area contributed by atoms with Crippen LogP contribution in [-0.2, 0) is 16.4 Å². The van der Waals surface area contributed by atoms with Crippen molar-refractivity contribution in [3.63, 3.8) is 0 Å². The van der Waals surface area contributed by atoms with Crippen molar-refractivity contribution in [2.45, 2.75) is 11.4 Å². The van der Waals surface area contributed by atoms with Gasteiger partial charge in [0.25, 0.3) is 5.69 Å². The summed E-state index contributed by atoms with van der Waals surface area (Å²) >= 11 is 0. The molecule has 0 saturated heterocycles. The Morgan fingerprint density at radius 1 is 1.33 bits per heavy atom. The van der Waals surface area contributed by atoms with E-state index in [9.17, 15) is 18.5 Å². The summed E-state index contributed by atoms with van der Waals surface area (Å²) < 4.78 is 22.9. The predicted molar refractivity (Wildman–Crippen MR) is 75.6 cm³/mol. The molecule has 0 aliphatic heterocycles. The fourth-order valence-electron chi connectivity index (χ4n) is 1.66. The first-order chi connectivity index (χ1) is 9.88. The van der Waals surface area contributed by atoms with Crippen molar-refractivity contribution in [1.82, 2.24) is 10.2 Å². The Morgan fingerprint density at radius 3 is 2.67 bits per heavy atom. The number of aromatic nitrogens is 2. The van der Waals surface area contributed by atoms with E-state index in [1.54, 1.807) is 12.1 Å². The molecule has 2 rings (SSSR count). The quantitative estimate of drug-likeness (QED) is 0.655. The van der Waals surface area contributed by atoms with E-state index in [1.165, 1.54) is 18.3 Å². The van der Waals surface area contributed by atoms with Gasteiger partial charge in [0.2, 0.25) is 0 Å². The summed E-state index contributed by atoms with van der Waals surface area (Å²) in [6.07, 6.45) is 2.52. The first kappa shape index (κ1) is 14.9. The van der Waals surface area contributed by atoms with Gasteiger partial charge in [-0.25, -0.2) is 8.42 Å². The van der Waals surface area contributed by atoms with E-state index in [0.29, 0.717) is 5.69 Å². The molecule has 1 N–H and O–H groups in total. The second kappa shape index (κ2) is 5.83. The van der Waals surface area contributed by atoms with Crippen LogP contribution in [0.5, 0.6) is 0 Å². The number of nitrogens with zero attached hydrogens (tertiary/aromatic N) is 3. The zero-order valence-electron chi connectivity index (χ0n) is 11.1. The molecule has 1 heterocycles. The molecule has 0 radical (unpaired) electrons. The van der Waals surface area contributed by atoms with Crippen LogP contribution in [0.3, 0.4) is 0 Å². The highest BCUT2D eigenvalue weighted by Gasteiger charge is 2.18. The molecule has 0 spiro atoms. The Balaban J connectivity index is 2.29. The number of anilines is 1. The molecule has 0 amide bonds. The molecule has 0 atom stereocenters. The van der Waals surface area contributed by atoms with Gasteiger partial charge in [-0.15, -0.1) is 0 Å². The van der Waals surface area contributed by atoms with Crippen molar-refractivity contribution in [2.24, 2.45) is 0 Å². The number of nitro benzene ring substituents is 1. The van der Waals surface area contributed by atoms with Gasteiger partial charge in [-0.1, -0.05) is 0 Å². The van der Waals surface area contributed by atoms with Crippen LogP contribution in [0.4, 0.5) is 11.4 Å². The van der Waals surface area contributed by atoms with E-state index >= 15 is 0 Å². The van der Waals surface area contributed by atoms with Gasteiger partial charge in [0, 0.05) is 18.5 Å². The fraction of sp³-hybridized carbons (Fsp3) is 0.167. The van der Waals surface area contributed by atoms with Gasteiger partial charge in [-0.05, 0) is 24.3 Å². The van der Waals surface area contributed by atoms with Crippen molar-refractivity contribution >= 4 is 21.2 Å². The molecule has 9 heteroatoms. The number of benzene rings is 1. The zero-order chi connectivity index (χ0) is 15.5. The summed E-state index contributed by atoms with van der Waals surface area (Å²) in [4.78, 5) is 10.3. The number of nitrogens with one attached hydrogen (secondary N) is 1. The van der Waals surface area contributed by atoms with Gasteiger partial charge in [0.05, 0.1) is 22.1 Å². The summed E-state index contributed by atoms with van der Waals surface area (Å²) in [5.41, 5.74) is 0.527. The van der Waals surface area contributed by atoms with E-state index in [-0.39, 0.29) is 22.8 Å². The maximum absolute atomic E-state index is 11.4. The van der Waals surface area contributed by atoms with Crippen LogP contribution in [0.15, 0.2) is 41.4 Å². The highest BCUT2D eigenvalue weighted by atomic mass is 32.2. The van der Waals surface area contributed by atoms with Gasteiger partial charge in [0.15, 0.2) is 9.84 Å². The lowest BCUT2D eigenvalue weighted by Crippen LogP contribution is -2.06. The highest BCUT2D eigenvalue weighted by Crippen LogP contribution is 2.27. The molecule has 0 unspecified atom stereocenters. The van der Waals surface area contributed by atoms with Crippen molar-refractivity contribution in [3.05, 3.63) is 52.3 Å². The number of sulfone groups is 1. The minimum atomic E-state index is -3.50. The molecule has 0 saturated carbocycles. The standard InChI is InChI=1S/C12H12N4O4S/c1-21(19,20)10-4-5-11(12(7-10)16(17)18)13-8-9-3-2-6-14-15-9/h2-7,13H,8H2,1H3. The number of rotatable bonds is 5. The summed E-state index contributed by atoms with van der Waals surface area (Å²) in [5, 5.41) is 21.5. The number of nitro groups is 1. The van der Waals surface area contributed by atoms with Crippen LogP contribution in [0.2, 0.25) is 0 Å². The molecule has 1 aromatic carbocycles. The maximum Gasteiger partial charge on any atom is 0.293 e. The SMILES string of the molecule is CS(=O)(=O)c1ccc(NCc2cccnn2)c([N+](=O)[O-])c1. The molecule has 0 aliphatic rings. The lowest BCUT2D eigenvalue weighted by atomic mass is 10.2. The lowest BCUT2D eigenvalue weighted by molar-refractivity contribution is -0.384. The van der Waals surface area contributed by atoms with Gasteiger partial charge in [-0.2, -0.15) is 10.2 Å². The van der Waals surface area contributed by atoms with E-state index in [1.807, 2.05) is 0 Å². The molecule has 0 fully saturated rings. The zero-order valence-corrected chi connectivity index (χ0v) is 11.9. The Kier molecular flexibility index (Phi) is 4.13. The Morgan fingerprint density at radius 2 is 2.10 bits per heavy atom. The van der Waals surface area contributed by atoms with E-state index in [0.717, 1.165) is 12.3 Å².